The third-order valence-corrected chi connectivity index (χ3v) is 5.09. The number of carboxylic acid groups (broad SMARTS) is 1. The quantitative estimate of drug-likeness (QED) is 0.602. The number of carbonyl (C=O) groups is 2. The van der Waals surface area contributed by atoms with Gasteiger partial charge in [-0.3, -0.25) is 19.5 Å². The summed E-state index contributed by atoms with van der Waals surface area (Å²) < 4.78 is 0.229. The van der Waals surface area contributed by atoms with Crippen molar-refractivity contribution in [3.05, 3.63) is 70.4 Å². The minimum Gasteiger partial charge on any atom is -0.480 e. The number of hydrogen-bond acceptors (Lipinski definition) is 6. The van der Waals surface area contributed by atoms with Gasteiger partial charge in [-0.1, -0.05) is 54.3 Å². The number of rotatable bonds is 5. The molecule has 132 valence electrons. The van der Waals surface area contributed by atoms with Gasteiger partial charge in [-0.2, -0.15) is 0 Å². The Labute approximate surface area is 159 Å². The van der Waals surface area contributed by atoms with Crippen LogP contribution in [0.25, 0.3) is 6.08 Å². The molecular formula is C18H14N2O4S2. The maximum atomic E-state index is 12.3. The first-order valence-corrected chi connectivity index (χ1v) is 8.83. The van der Waals surface area contributed by atoms with E-state index in [2.05, 4.69) is 4.98 Å². The fourth-order valence-electron chi connectivity index (χ4n) is 2.43. The van der Waals surface area contributed by atoms with Gasteiger partial charge >= 0.3 is 5.97 Å². The van der Waals surface area contributed by atoms with Crippen LogP contribution in [0.3, 0.4) is 0 Å². The van der Waals surface area contributed by atoms with Crippen molar-refractivity contribution in [1.29, 1.82) is 0 Å². The molecule has 2 heterocycles. The lowest BCUT2D eigenvalue weighted by atomic mass is 10.0. The van der Waals surface area contributed by atoms with E-state index < -0.39 is 24.5 Å². The molecule has 1 saturated heterocycles. The first-order chi connectivity index (χ1) is 12.5. The standard InChI is InChI=1S/C18H14N2O4S2/c21-15(22)10-20-17(24)14(26-18(20)25)8-11-3-5-12(6-4-11)16(23)13-2-1-7-19-9-13/h1-9,16,23H,10H2,(H,21,22). The van der Waals surface area contributed by atoms with Crippen molar-refractivity contribution in [2.24, 2.45) is 0 Å². The first-order valence-electron chi connectivity index (χ1n) is 7.61. The van der Waals surface area contributed by atoms with Gasteiger partial charge in [0, 0.05) is 18.0 Å². The van der Waals surface area contributed by atoms with Crippen LogP contribution in [0.5, 0.6) is 0 Å². The van der Waals surface area contributed by atoms with E-state index in [-0.39, 0.29) is 4.32 Å². The average molecular weight is 386 g/mol. The Balaban J connectivity index is 1.77. The molecule has 1 amide bonds. The Morgan fingerprint density at radius 2 is 2.00 bits per heavy atom. The molecule has 8 heteroatoms. The van der Waals surface area contributed by atoms with E-state index in [0.717, 1.165) is 22.2 Å². The third kappa shape index (κ3) is 3.98. The van der Waals surface area contributed by atoms with Crippen LogP contribution in [0.4, 0.5) is 0 Å². The van der Waals surface area contributed by atoms with Crippen LogP contribution >= 0.6 is 24.0 Å². The fourth-order valence-corrected chi connectivity index (χ4v) is 3.68. The Kier molecular flexibility index (Phi) is 5.46. The zero-order chi connectivity index (χ0) is 18.7. The van der Waals surface area contributed by atoms with Gasteiger partial charge in [0.1, 0.15) is 17.0 Å². The second-order valence-corrected chi connectivity index (χ2v) is 7.19. The molecule has 1 aliphatic rings. The van der Waals surface area contributed by atoms with E-state index >= 15 is 0 Å². The van der Waals surface area contributed by atoms with E-state index in [1.54, 1.807) is 54.9 Å². The lowest BCUT2D eigenvalue weighted by molar-refractivity contribution is -0.140. The number of amides is 1. The van der Waals surface area contributed by atoms with Crippen LogP contribution in [0.1, 0.15) is 22.8 Å². The Bertz CT molecular complexity index is 882. The second kappa shape index (κ2) is 7.77. The Morgan fingerprint density at radius 1 is 1.27 bits per heavy atom. The van der Waals surface area contributed by atoms with Gasteiger partial charge in [0.15, 0.2) is 0 Å². The summed E-state index contributed by atoms with van der Waals surface area (Å²) in [6, 6.07) is 10.6. The predicted octanol–water partition coefficient (Wildman–Crippen LogP) is 2.45. The summed E-state index contributed by atoms with van der Waals surface area (Å²) >= 11 is 6.14. The number of aliphatic hydroxyl groups excluding tert-OH is 1. The normalized spacial score (nSPS) is 17.0. The number of carboxylic acids is 1. The number of aliphatic hydroxyl groups is 1. The molecule has 2 aromatic rings. The average Bonchev–Trinajstić information content (AvgIpc) is 2.89. The van der Waals surface area contributed by atoms with Gasteiger partial charge in [-0.25, -0.2) is 0 Å². The fraction of sp³-hybridized carbons (Fsp3) is 0.111. The number of hydrogen-bond donors (Lipinski definition) is 2. The van der Waals surface area contributed by atoms with E-state index in [1.807, 2.05) is 0 Å². The number of aliphatic carboxylic acids is 1. The van der Waals surface area contributed by atoms with Crippen LogP contribution in [0.2, 0.25) is 0 Å². The smallest absolute Gasteiger partial charge is 0.323 e. The molecule has 0 aliphatic carbocycles. The number of aromatic nitrogens is 1. The summed E-state index contributed by atoms with van der Waals surface area (Å²) in [5, 5.41) is 19.2. The summed E-state index contributed by atoms with van der Waals surface area (Å²) in [6.45, 7) is -0.446. The number of nitrogens with zero attached hydrogens (tertiary/aromatic N) is 2. The van der Waals surface area contributed by atoms with E-state index in [0.29, 0.717) is 16.0 Å². The molecule has 1 aromatic heterocycles. The molecule has 3 rings (SSSR count). The third-order valence-electron chi connectivity index (χ3n) is 3.72. The summed E-state index contributed by atoms with van der Waals surface area (Å²) in [4.78, 5) is 28.5. The molecule has 26 heavy (non-hydrogen) atoms. The largest absolute Gasteiger partial charge is 0.480 e. The van der Waals surface area contributed by atoms with E-state index in [9.17, 15) is 14.7 Å². The highest BCUT2D eigenvalue weighted by molar-refractivity contribution is 8.26. The Hall–Kier alpha value is -2.55. The molecular weight excluding hydrogens is 372 g/mol. The molecule has 0 bridgehead atoms. The molecule has 1 atom stereocenters. The predicted molar refractivity (Wildman–Crippen MR) is 102 cm³/mol. The summed E-state index contributed by atoms with van der Waals surface area (Å²) in [5.74, 6) is -1.53. The summed E-state index contributed by atoms with van der Waals surface area (Å²) in [7, 11) is 0. The van der Waals surface area contributed by atoms with E-state index in [4.69, 9.17) is 17.3 Å². The number of carbonyl (C=O) groups excluding carboxylic acids is 1. The van der Waals surface area contributed by atoms with Crippen molar-refractivity contribution in [2.45, 2.75) is 6.10 Å². The van der Waals surface area contributed by atoms with Crippen molar-refractivity contribution in [1.82, 2.24) is 9.88 Å². The molecule has 0 radical (unpaired) electrons. The topological polar surface area (TPSA) is 90.7 Å². The van der Waals surface area contributed by atoms with Crippen LogP contribution in [0, 0.1) is 0 Å². The summed E-state index contributed by atoms with van der Waals surface area (Å²) in [6.07, 6.45) is 4.11. The van der Waals surface area contributed by atoms with Crippen LogP contribution in [0.15, 0.2) is 53.7 Å². The highest BCUT2D eigenvalue weighted by atomic mass is 32.2. The van der Waals surface area contributed by atoms with Crippen molar-refractivity contribution in [3.63, 3.8) is 0 Å². The van der Waals surface area contributed by atoms with Crippen LogP contribution < -0.4 is 0 Å². The molecule has 6 nitrogen and oxygen atoms in total. The minimum absolute atomic E-state index is 0.229. The second-order valence-electron chi connectivity index (χ2n) is 5.52. The molecule has 0 spiro atoms. The van der Waals surface area contributed by atoms with Crippen LogP contribution in [-0.4, -0.2) is 42.8 Å². The van der Waals surface area contributed by atoms with Crippen molar-refractivity contribution >= 4 is 46.3 Å². The summed E-state index contributed by atoms with van der Waals surface area (Å²) in [5.41, 5.74) is 2.14. The van der Waals surface area contributed by atoms with Crippen LogP contribution in [-0.2, 0) is 9.59 Å². The zero-order valence-corrected chi connectivity index (χ0v) is 15.0. The maximum absolute atomic E-state index is 12.3. The monoisotopic (exact) mass is 386 g/mol. The highest BCUT2D eigenvalue weighted by Crippen LogP contribution is 2.32. The van der Waals surface area contributed by atoms with Gasteiger partial charge < -0.3 is 10.2 Å². The minimum atomic E-state index is -1.11. The molecule has 0 saturated carbocycles. The number of benzene rings is 1. The van der Waals surface area contributed by atoms with Gasteiger partial charge in [0.25, 0.3) is 5.91 Å². The van der Waals surface area contributed by atoms with Crippen molar-refractivity contribution < 1.29 is 19.8 Å². The number of thiocarbonyl (C=S) groups is 1. The number of pyridine rings is 1. The zero-order valence-electron chi connectivity index (χ0n) is 13.4. The Morgan fingerprint density at radius 3 is 2.62 bits per heavy atom. The highest BCUT2D eigenvalue weighted by Gasteiger charge is 2.33. The molecule has 1 aromatic carbocycles. The van der Waals surface area contributed by atoms with E-state index in [1.165, 1.54) is 0 Å². The van der Waals surface area contributed by atoms with Gasteiger partial charge in [-0.05, 0) is 23.3 Å². The maximum Gasteiger partial charge on any atom is 0.323 e. The first kappa shape index (κ1) is 18.2. The molecule has 1 fully saturated rings. The molecule has 1 unspecified atom stereocenters. The lowest BCUT2D eigenvalue weighted by Gasteiger charge is -2.11. The SMILES string of the molecule is O=C(O)CN1C(=O)C(=Cc2ccc(C(O)c3cccnc3)cc2)SC1=S. The van der Waals surface area contributed by atoms with Gasteiger partial charge in [0.05, 0.1) is 4.91 Å². The van der Waals surface area contributed by atoms with Crippen molar-refractivity contribution in [2.75, 3.05) is 6.54 Å². The number of thioether (sulfide) groups is 1. The lowest BCUT2D eigenvalue weighted by Crippen LogP contribution is -2.33. The van der Waals surface area contributed by atoms with Crippen molar-refractivity contribution in [3.8, 4) is 0 Å². The van der Waals surface area contributed by atoms with Gasteiger partial charge in [-0.15, -0.1) is 0 Å². The molecule has 1 aliphatic heterocycles. The molecule has 2 N–H and O–H groups in total. The van der Waals surface area contributed by atoms with Gasteiger partial charge in [0.2, 0.25) is 0 Å².